The molecule has 0 fully saturated rings. The second-order valence-corrected chi connectivity index (χ2v) is 8.33. The van der Waals surface area contributed by atoms with Gasteiger partial charge < -0.3 is 15.4 Å². The lowest BCUT2D eigenvalue weighted by atomic mass is 10.2. The quantitative estimate of drug-likeness (QED) is 0.521. The average molecular weight is 428 g/mol. The van der Waals surface area contributed by atoms with Crippen LogP contribution in [0.2, 0.25) is 0 Å². The van der Waals surface area contributed by atoms with Crippen LogP contribution in [0.25, 0.3) is 0 Å². The van der Waals surface area contributed by atoms with Crippen LogP contribution in [0.3, 0.4) is 0 Å². The maximum absolute atomic E-state index is 12.6. The number of carbonyl (C=O) groups excluding carboxylic acids is 2. The zero-order valence-corrected chi connectivity index (χ0v) is 17.9. The zero-order valence-electron chi connectivity index (χ0n) is 16.3. The molecule has 0 saturated carbocycles. The van der Waals surface area contributed by atoms with Crippen LogP contribution in [-0.2, 0) is 10.5 Å². The number of aromatic nitrogens is 1. The molecular weight excluding hydrogens is 406 g/mol. The number of ether oxygens (including phenoxy) is 1. The Labute approximate surface area is 177 Å². The standard InChI is InChI=1S/C21H21N3O3S2/c1-13(25)22-16-6-9-20(27-3)19(10-16)24-21(26)15-4-7-18(8-5-15)29-12-17-11-28-14(2)23-17/h4-11H,12H2,1-3H3,(H,22,25)(H,24,26). The Kier molecular flexibility index (Phi) is 6.90. The van der Waals surface area contributed by atoms with Crippen LogP contribution in [-0.4, -0.2) is 23.9 Å². The summed E-state index contributed by atoms with van der Waals surface area (Å²) in [4.78, 5) is 29.4. The van der Waals surface area contributed by atoms with Gasteiger partial charge in [-0.3, -0.25) is 9.59 Å². The minimum atomic E-state index is -0.255. The number of methoxy groups -OCH3 is 1. The highest BCUT2D eigenvalue weighted by molar-refractivity contribution is 7.98. The van der Waals surface area contributed by atoms with E-state index in [-0.39, 0.29) is 11.8 Å². The molecule has 150 valence electrons. The highest BCUT2D eigenvalue weighted by atomic mass is 32.2. The van der Waals surface area contributed by atoms with E-state index in [4.69, 9.17) is 4.74 Å². The lowest BCUT2D eigenvalue weighted by Gasteiger charge is -2.12. The predicted molar refractivity (Wildman–Crippen MR) is 118 cm³/mol. The van der Waals surface area contributed by atoms with Gasteiger partial charge in [0.2, 0.25) is 5.91 Å². The molecule has 1 heterocycles. The SMILES string of the molecule is COc1ccc(NC(C)=O)cc1NC(=O)c1ccc(SCc2csc(C)n2)cc1. The van der Waals surface area contributed by atoms with Gasteiger partial charge in [-0.05, 0) is 49.4 Å². The normalized spacial score (nSPS) is 10.4. The number of nitrogens with one attached hydrogen (secondary N) is 2. The van der Waals surface area contributed by atoms with Crippen molar-refractivity contribution >= 4 is 46.3 Å². The van der Waals surface area contributed by atoms with Crippen molar-refractivity contribution in [1.82, 2.24) is 4.98 Å². The van der Waals surface area contributed by atoms with Crippen LogP contribution in [0.4, 0.5) is 11.4 Å². The smallest absolute Gasteiger partial charge is 0.255 e. The molecule has 0 atom stereocenters. The summed E-state index contributed by atoms with van der Waals surface area (Å²) in [7, 11) is 1.53. The molecule has 0 spiro atoms. The molecule has 8 heteroatoms. The van der Waals surface area contributed by atoms with Gasteiger partial charge in [0.25, 0.3) is 5.91 Å². The predicted octanol–water partition coefficient (Wildman–Crippen LogP) is 4.96. The third kappa shape index (κ3) is 5.82. The molecule has 3 rings (SSSR count). The Morgan fingerprint density at radius 2 is 1.90 bits per heavy atom. The van der Waals surface area contributed by atoms with Crippen molar-refractivity contribution in [2.24, 2.45) is 0 Å². The van der Waals surface area contributed by atoms with Crippen molar-refractivity contribution in [2.45, 2.75) is 24.5 Å². The van der Waals surface area contributed by atoms with E-state index in [0.29, 0.717) is 22.7 Å². The monoisotopic (exact) mass is 427 g/mol. The summed E-state index contributed by atoms with van der Waals surface area (Å²) < 4.78 is 5.30. The minimum Gasteiger partial charge on any atom is -0.495 e. The van der Waals surface area contributed by atoms with Crippen molar-refractivity contribution in [2.75, 3.05) is 17.7 Å². The first kappa shape index (κ1) is 20.9. The summed E-state index contributed by atoms with van der Waals surface area (Å²) in [6.07, 6.45) is 0. The minimum absolute atomic E-state index is 0.187. The van der Waals surface area contributed by atoms with Crippen LogP contribution in [0.15, 0.2) is 52.7 Å². The van der Waals surface area contributed by atoms with Gasteiger partial charge in [-0.25, -0.2) is 4.98 Å². The van der Waals surface area contributed by atoms with Gasteiger partial charge in [0.1, 0.15) is 5.75 Å². The number of aryl methyl sites for hydroxylation is 1. The number of anilines is 2. The molecule has 3 aromatic rings. The first-order chi connectivity index (χ1) is 13.9. The lowest BCUT2D eigenvalue weighted by molar-refractivity contribution is -0.114. The van der Waals surface area contributed by atoms with Gasteiger partial charge in [-0.1, -0.05) is 0 Å². The van der Waals surface area contributed by atoms with Crippen LogP contribution >= 0.6 is 23.1 Å². The number of amides is 2. The van der Waals surface area contributed by atoms with E-state index in [1.54, 1.807) is 53.4 Å². The molecule has 0 bridgehead atoms. The number of thioether (sulfide) groups is 1. The molecular formula is C21H21N3O3S2. The summed E-state index contributed by atoms with van der Waals surface area (Å²) in [5.41, 5.74) is 2.66. The molecule has 29 heavy (non-hydrogen) atoms. The fraction of sp³-hybridized carbons (Fsp3) is 0.190. The van der Waals surface area contributed by atoms with Gasteiger partial charge >= 0.3 is 0 Å². The summed E-state index contributed by atoms with van der Waals surface area (Å²) >= 11 is 3.32. The van der Waals surface area contributed by atoms with Gasteiger partial charge in [-0.15, -0.1) is 23.1 Å². The Morgan fingerprint density at radius 1 is 1.14 bits per heavy atom. The molecule has 0 aliphatic heterocycles. The molecule has 2 N–H and O–H groups in total. The van der Waals surface area contributed by atoms with Gasteiger partial charge in [0.05, 0.1) is 23.5 Å². The highest BCUT2D eigenvalue weighted by Gasteiger charge is 2.11. The molecule has 2 amide bonds. The maximum Gasteiger partial charge on any atom is 0.255 e. The summed E-state index contributed by atoms with van der Waals surface area (Å²) in [5.74, 6) is 0.865. The molecule has 1 aromatic heterocycles. The fourth-order valence-electron chi connectivity index (χ4n) is 2.62. The van der Waals surface area contributed by atoms with Gasteiger partial charge in [-0.2, -0.15) is 0 Å². The van der Waals surface area contributed by atoms with E-state index >= 15 is 0 Å². The van der Waals surface area contributed by atoms with Crippen molar-refractivity contribution < 1.29 is 14.3 Å². The maximum atomic E-state index is 12.6. The summed E-state index contributed by atoms with van der Waals surface area (Å²) in [6, 6.07) is 12.5. The van der Waals surface area contributed by atoms with E-state index < -0.39 is 0 Å². The van der Waals surface area contributed by atoms with E-state index in [0.717, 1.165) is 21.3 Å². The van der Waals surface area contributed by atoms with E-state index in [2.05, 4.69) is 21.0 Å². The van der Waals surface area contributed by atoms with Crippen molar-refractivity contribution in [3.63, 3.8) is 0 Å². The second kappa shape index (κ2) is 9.58. The van der Waals surface area contributed by atoms with Gasteiger partial charge in [0, 0.05) is 34.2 Å². The Bertz CT molecular complexity index is 1020. The number of thiazole rings is 1. The number of hydrogen-bond donors (Lipinski definition) is 2. The number of carbonyl (C=O) groups is 2. The highest BCUT2D eigenvalue weighted by Crippen LogP contribution is 2.29. The van der Waals surface area contributed by atoms with E-state index in [9.17, 15) is 9.59 Å². The average Bonchev–Trinajstić information content (AvgIpc) is 3.12. The number of hydrogen-bond acceptors (Lipinski definition) is 6. The van der Waals surface area contributed by atoms with E-state index in [1.165, 1.54) is 14.0 Å². The third-order valence-corrected chi connectivity index (χ3v) is 5.81. The van der Waals surface area contributed by atoms with Crippen LogP contribution < -0.4 is 15.4 Å². The number of rotatable bonds is 7. The van der Waals surface area contributed by atoms with Crippen LogP contribution in [0, 0.1) is 6.92 Å². The largest absolute Gasteiger partial charge is 0.495 e. The summed E-state index contributed by atoms with van der Waals surface area (Å²) in [6.45, 7) is 3.42. The van der Waals surface area contributed by atoms with Crippen molar-refractivity contribution in [3.05, 3.63) is 64.1 Å². The lowest BCUT2D eigenvalue weighted by Crippen LogP contribution is -2.13. The molecule has 0 unspecified atom stereocenters. The third-order valence-electron chi connectivity index (χ3n) is 3.94. The topological polar surface area (TPSA) is 80.3 Å². The molecule has 2 aromatic carbocycles. The number of benzene rings is 2. The Hall–Kier alpha value is -2.84. The van der Waals surface area contributed by atoms with Crippen molar-refractivity contribution in [3.8, 4) is 5.75 Å². The second-order valence-electron chi connectivity index (χ2n) is 6.22. The van der Waals surface area contributed by atoms with E-state index in [1.807, 2.05) is 19.1 Å². The van der Waals surface area contributed by atoms with Gasteiger partial charge in [0.15, 0.2) is 0 Å². The van der Waals surface area contributed by atoms with Crippen LogP contribution in [0.5, 0.6) is 5.75 Å². The molecule has 0 saturated heterocycles. The van der Waals surface area contributed by atoms with Crippen molar-refractivity contribution in [1.29, 1.82) is 0 Å². The summed E-state index contributed by atoms with van der Waals surface area (Å²) in [5, 5.41) is 8.66. The first-order valence-electron chi connectivity index (χ1n) is 8.85. The fourth-order valence-corrected chi connectivity index (χ4v) is 4.12. The number of nitrogens with zero attached hydrogens (tertiary/aromatic N) is 1. The molecule has 6 nitrogen and oxygen atoms in total. The Morgan fingerprint density at radius 3 is 2.52 bits per heavy atom. The zero-order chi connectivity index (χ0) is 20.8. The Balaban J connectivity index is 1.66. The first-order valence-corrected chi connectivity index (χ1v) is 10.7. The van der Waals surface area contributed by atoms with Crippen LogP contribution in [0.1, 0.15) is 28.0 Å². The molecule has 0 radical (unpaired) electrons. The molecule has 0 aliphatic rings. The molecule has 0 aliphatic carbocycles.